The summed E-state index contributed by atoms with van der Waals surface area (Å²) in [5, 5.41) is 0. The third-order valence-corrected chi connectivity index (χ3v) is 3.88. The molecule has 0 bridgehead atoms. The molecule has 1 unspecified atom stereocenters. The Hall–Kier alpha value is -1.13. The maximum absolute atomic E-state index is 6.48. The van der Waals surface area contributed by atoms with Crippen molar-refractivity contribution in [2.24, 2.45) is 12.8 Å². The Bertz CT molecular complexity index is 543. The number of imidazole rings is 1. The molecule has 3 nitrogen and oxygen atoms in total. The first-order valence-corrected chi connectivity index (χ1v) is 6.26. The molecule has 17 heavy (non-hydrogen) atoms. The van der Waals surface area contributed by atoms with Gasteiger partial charge in [-0.1, -0.05) is 34.1 Å². The van der Waals surface area contributed by atoms with Crippen LogP contribution in [0.2, 0.25) is 0 Å². The minimum Gasteiger partial charge on any atom is -0.333 e. The van der Waals surface area contributed by atoms with E-state index in [0.29, 0.717) is 0 Å². The second-order valence-electron chi connectivity index (χ2n) is 4.43. The summed E-state index contributed by atoms with van der Waals surface area (Å²) in [5.74, 6) is 0.962. The van der Waals surface area contributed by atoms with Gasteiger partial charge in [-0.25, -0.2) is 4.98 Å². The Morgan fingerprint density at radius 3 is 2.53 bits per heavy atom. The lowest BCUT2D eigenvalue weighted by Gasteiger charge is -2.27. The minimum atomic E-state index is -0.559. The summed E-state index contributed by atoms with van der Waals surface area (Å²) in [7, 11) is 1.99. The highest BCUT2D eigenvalue weighted by atomic mass is 79.9. The summed E-state index contributed by atoms with van der Waals surface area (Å²) in [6, 6.07) is 8.02. The van der Waals surface area contributed by atoms with Crippen molar-refractivity contribution in [3.8, 4) is 0 Å². The molecular formula is C13H16BrN3. The molecule has 0 saturated carbocycles. The summed E-state index contributed by atoms with van der Waals surface area (Å²) in [4.78, 5) is 4.31. The van der Waals surface area contributed by atoms with Crippen LogP contribution in [-0.2, 0) is 12.6 Å². The fourth-order valence-electron chi connectivity index (χ4n) is 2.00. The van der Waals surface area contributed by atoms with Gasteiger partial charge in [0.2, 0.25) is 0 Å². The Morgan fingerprint density at radius 2 is 2.00 bits per heavy atom. The molecule has 1 atom stereocenters. The van der Waals surface area contributed by atoms with E-state index in [9.17, 15) is 0 Å². The van der Waals surface area contributed by atoms with Gasteiger partial charge in [0, 0.05) is 11.5 Å². The largest absolute Gasteiger partial charge is 0.333 e. The molecule has 0 aliphatic carbocycles. The number of nitrogens with two attached hydrogens (primary N) is 1. The zero-order chi connectivity index (χ0) is 12.6. The van der Waals surface area contributed by atoms with Gasteiger partial charge in [0.05, 0.1) is 17.4 Å². The normalized spacial score (nSPS) is 14.6. The summed E-state index contributed by atoms with van der Waals surface area (Å²) in [6.45, 7) is 3.98. The van der Waals surface area contributed by atoms with Gasteiger partial charge in [-0.3, -0.25) is 0 Å². The topological polar surface area (TPSA) is 43.8 Å². The molecule has 2 N–H and O–H groups in total. The van der Waals surface area contributed by atoms with Gasteiger partial charge in [-0.2, -0.15) is 0 Å². The number of aromatic nitrogens is 2. The van der Waals surface area contributed by atoms with Crippen molar-refractivity contribution in [2.45, 2.75) is 19.4 Å². The molecule has 90 valence electrons. The number of benzene rings is 1. The van der Waals surface area contributed by atoms with Crippen LogP contribution in [-0.4, -0.2) is 9.55 Å². The van der Waals surface area contributed by atoms with Gasteiger partial charge in [0.25, 0.3) is 0 Å². The molecule has 0 radical (unpaired) electrons. The van der Waals surface area contributed by atoms with Crippen LogP contribution in [0.4, 0.5) is 0 Å². The predicted octanol–water partition coefficient (Wildman–Crippen LogP) is 2.71. The first kappa shape index (κ1) is 12.3. The highest BCUT2D eigenvalue weighted by Crippen LogP contribution is 2.31. The second-order valence-corrected chi connectivity index (χ2v) is 5.29. The van der Waals surface area contributed by atoms with Gasteiger partial charge >= 0.3 is 0 Å². The van der Waals surface area contributed by atoms with E-state index in [1.54, 1.807) is 0 Å². The van der Waals surface area contributed by atoms with E-state index >= 15 is 0 Å². The SMILES string of the molecule is Cc1ncc(C(C)(N)c2ccccc2Br)n1C. The molecule has 0 fully saturated rings. The Kier molecular flexibility index (Phi) is 3.10. The monoisotopic (exact) mass is 293 g/mol. The fraction of sp³-hybridized carbons (Fsp3) is 0.308. The van der Waals surface area contributed by atoms with Crippen LogP contribution in [0.25, 0.3) is 0 Å². The molecular weight excluding hydrogens is 278 g/mol. The molecule has 0 spiro atoms. The van der Waals surface area contributed by atoms with Gasteiger partial charge < -0.3 is 10.3 Å². The first-order chi connectivity index (χ1) is 7.94. The third kappa shape index (κ3) is 2.03. The Labute approximate surface area is 110 Å². The number of hydrogen-bond acceptors (Lipinski definition) is 2. The highest BCUT2D eigenvalue weighted by molar-refractivity contribution is 9.10. The number of halogens is 1. The fourth-order valence-corrected chi connectivity index (χ4v) is 2.70. The van der Waals surface area contributed by atoms with Crippen LogP contribution in [0, 0.1) is 6.92 Å². The van der Waals surface area contributed by atoms with Crippen molar-refractivity contribution in [2.75, 3.05) is 0 Å². The standard InChI is InChI=1S/C13H16BrN3/c1-9-16-8-12(17(9)3)13(2,15)10-6-4-5-7-11(10)14/h4-8H,15H2,1-3H3. The predicted molar refractivity (Wildman–Crippen MR) is 72.7 cm³/mol. The lowest BCUT2D eigenvalue weighted by molar-refractivity contribution is 0.549. The number of rotatable bonds is 2. The molecule has 2 rings (SSSR count). The summed E-state index contributed by atoms with van der Waals surface area (Å²) >= 11 is 3.55. The highest BCUT2D eigenvalue weighted by Gasteiger charge is 2.29. The van der Waals surface area contributed by atoms with Crippen LogP contribution >= 0.6 is 15.9 Å². The molecule has 0 saturated heterocycles. The molecule has 0 aliphatic heterocycles. The molecule has 0 amide bonds. The lowest BCUT2D eigenvalue weighted by Crippen LogP contribution is -2.36. The van der Waals surface area contributed by atoms with Gasteiger partial charge in [0.1, 0.15) is 5.82 Å². The molecule has 1 heterocycles. The molecule has 4 heteroatoms. The smallest absolute Gasteiger partial charge is 0.105 e. The first-order valence-electron chi connectivity index (χ1n) is 5.47. The lowest BCUT2D eigenvalue weighted by atomic mass is 9.90. The molecule has 2 aromatic rings. The Balaban J connectivity index is 2.57. The Morgan fingerprint density at radius 1 is 1.35 bits per heavy atom. The van der Waals surface area contributed by atoms with Crippen molar-refractivity contribution in [1.29, 1.82) is 0 Å². The third-order valence-electron chi connectivity index (χ3n) is 3.19. The van der Waals surface area contributed by atoms with Crippen molar-refractivity contribution < 1.29 is 0 Å². The van der Waals surface area contributed by atoms with E-state index in [1.165, 1.54) is 0 Å². The second kappa shape index (κ2) is 4.27. The van der Waals surface area contributed by atoms with E-state index < -0.39 is 5.54 Å². The zero-order valence-corrected chi connectivity index (χ0v) is 11.8. The van der Waals surface area contributed by atoms with Crippen molar-refractivity contribution in [1.82, 2.24) is 9.55 Å². The minimum absolute atomic E-state index is 0.559. The van der Waals surface area contributed by atoms with Crippen LogP contribution in [0.5, 0.6) is 0 Å². The quantitative estimate of drug-likeness (QED) is 0.925. The molecule has 1 aromatic carbocycles. The maximum Gasteiger partial charge on any atom is 0.105 e. The van der Waals surface area contributed by atoms with Crippen LogP contribution in [0.3, 0.4) is 0 Å². The zero-order valence-electron chi connectivity index (χ0n) is 10.2. The van der Waals surface area contributed by atoms with Crippen molar-refractivity contribution in [3.63, 3.8) is 0 Å². The number of nitrogens with zero attached hydrogens (tertiary/aromatic N) is 2. The molecule has 0 aliphatic rings. The number of hydrogen-bond donors (Lipinski definition) is 1. The summed E-state index contributed by atoms with van der Waals surface area (Å²) in [5.41, 5.74) is 7.98. The van der Waals surface area contributed by atoms with E-state index in [2.05, 4.69) is 20.9 Å². The van der Waals surface area contributed by atoms with E-state index in [1.807, 2.05) is 55.9 Å². The molecule has 1 aromatic heterocycles. The summed E-state index contributed by atoms with van der Waals surface area (Å²) < 4.78 is 3.04. The van der Waals surface area contributed by atoms with Gasteiger partial charge in [-0.05, 0) is 25.5 Å². The van der Waals surface area contributed by atoms with Crippen LogP contribution < -0.4 is 5.73 Å². The number of aryl methyl sites for hydroxylation is 1. The van der Waals surface area contributed by atoms with Gasteiger partial charge in [0.15, 0.2) is 0 Å². The van der Waals surface area contributed by atoms with Crippen LogP contribution in [0.1, 0.15) is 24.0 Å². The van der Waals surface area contributed by atoms with Crippen LogP contribution in [0.15, 0.2) is 34.9 Å². The van der Waals surface area contributed by atoms with Crippen molar-refractivity contribution >= 4 is 15.9 Å². The van der Waals surface area contributed by atoms with E-state index in [-0.39, 0.29) is 0 Å². The maximum atomic E-state index is 6.48. The van der Waals surface area contributed by atoms with Gasteiger partial charge in [-0.15, -0.1) is 0 Å². The van der Waals surface area contributed by atoms with E-state index in [0.717, 1.165) is 21.6 Å². The summed E-state index contributed by atoms with van der Waals surface area (Å²) in [6.07, 6.45) is 1.84. The van der Waals surface area contributed by atoms with E-state index in [4.69, 9.17) is 5.73 Å². The van der Waals surface area contributed by atoms with Crippen molar-refractivity contribution in [3.05, 3.63) is 52.0 Å². The average molecular weight is 294 g/mol. The average Bonchev–Trinajstić information content (AvgIpc) is 2.60.